The van der Waals surface area contributed by atoms with E-state index in [0.717, 1.165) is 22.6 Å². The van der Waals surface area contributed by atoms with Gasteiger partial charge in [0, 0.05) is 17.2 Å². The normalized spacial score (nSPS) is 11.2. The molecule has 6 nitrogen and oxygen atoms in total. The number of nitrogens with zero attached hydrogens (tertiary/aromatic N) is 3. The van der Waals surface area contributed by atoms with Gasteiger partial charge in [-0.3, -0.25) is 5.43 Å². The van der Waals surface area contributed by atoms with E-state index in [4.69, 9.17) is 9.26 Å². The number of anilines is 1. The van der Waals surface area contributed by atoms with Gasteiger partial charge in [0.1, 0.15) is 11.5 Å². The van der Waals surface area contributed by atoms with E-state index in [-0.39, 0.29) is 0 Å². The number of aromatic nitrogens is 2. The first-order chi connectivity index (χ1) is 13.8. The first-order valence-corrected chi connectivity index (χ1v) is 8.76. The first kappa shape index (κ1) is 17.5. The van der Waals surface area contributed by atoms with Gasteiger partial charge in [-0.25, -0.2) is 0 Å². The van der Waals surface area contributed by atoms with E-state index in [0.29, 0.717) is 17.4 Å². The smallest absolute Gasteiger partial charge is 0.258 e. The number of rotatable bonds is 6. The van der Waals surface area contributed by atoms with Gasteiger partial charge in [0.05, 0.1) is 12.8 Å². The Hall–Kier alpha value is -3.93. The number of methoxy groups -OCH3 is 1. The molecule has 0 aliphatic carbocycles. The van der Waals surface area contributed by atoms with Crippen LogP contribution in [-0.2, 0) is 0 Å². The van der Waals surface area contributed by atoms with Gasteiger partial charge in [0.15, 0.2) is 0 Å². The molecule has 0 fully saturated rings. The minimum atomic E-state index is 0.403. The monoisotopic (exact) mass is 370 g/mol. The largest absolute Gasteiger partial charge is 0.497 e. The highest BCUT2D eigenvalue weighted by Gasteiger charge is 2.16. The van der Waals surface area contributed by atoms with E-state index in [2.05, 4.69) is 20.7 Å². The van der Waals surface area contributed by atoms with Crippen molar-refractivity contribution >= 4 is 11.4 Å². The zero-order chi connectivity index (χ0) is 19.2. The average Bonchev–Trinajstić information content (AvgIpc) is 3.25. The summed E-state index contributed by atoms with van der Waals surface area (Å²) in [7, 11) is 1.63. The Labute approximate surface area is 162 Å². The molecule has 0 aliphatic rings. The van der Waals surface area contributed by atoms with Crippen LogP contribution < -0.4 is 10.2 Å². The standard InChI is InChI=1S/C22H18N4O2/c1-27-19-14-8-13-18(15-19)24-25-20(16-9-4-2-5-10-16)21-23-22(28-26-21)17-11-6-3-7-12-17/h2-15,24H,1H3/b25-20+. The Morgan fingerprint density at radius 2 is 1.68 bits per heavy atom. The molecule has 1 N–H and O–H groups in total. The summed E-state index contributed by atoms with van der Waals surface area (Å²) in [4.78, 5) is 4.53. The number of hydrazone groups is 1. The van der Waals surface area contributed by atoms with Crippen molar-refractivity contribution in [1.82, 2.24) is 10.1 Å². The van der Waals surface area contributed by atoms with Crippen LogP contribution in [-0.4, -0.2) is 23.0 Å². The van der Waals surface area contributed by atoms with Crippen molar-refractivity contribution in [2.45, 2.75) is 0 Å². The fourth-order valence-corrected chi connectivity index (χ4v) is 2.67. The van der Waals surface area contributed by atoms with Crippen molar-refractivity contribution in [2.75, 3.05) is 12.5 Å². The Morgan fingerprint density at radius 3 is 2.43 bits per heavy atom. The van der Waals surface area contributed by atoms with Gasteiger partial charge in [0.25, 0.3) is 5.89 Å². The molecule has 0 unspecified atom stereocenters. The molecule has 28 heavy (non-hydrogen) atoms. The van der Waals surface area contributed by atoms with Crippen molar-refractivity contribution in [1.29, 1.82) is 0 Å². The van der Waals surface area contributed by atoms with Crippen LogP contribution in [0.15, 0.2) is 94.6 Å². The molecule has 0 atom stereocenters. The first-order valence-electron chi connectivity index (χ1n) is 8.76. The topological polar surface area (TPSA) is 72.5 Å². The molecular formula is C22H18N4O2. The highest BCUT2D eigenvalue weighted by molar-refractivity contribution is 6.10. The molecule has 4 aromatic rings. The molecule has 1 aromatic heterocycles. The lowest BCUT2D eigenvalue weighted by Crippen LogP contribution is -2.08. The summed E-state index contributed by atoms with van der Waals surface area (Å²) in [5.41, 5.74) is 6.15. The third-order valence-corrected chi connectivity index (χ3v) is 4.07. The average molecular weight is 370 g/mol. The van der Waals surface area contributed by atoms with E-state index < -0.39 is 0 Å². The van der Waals surface area contributed by atoms with E-state index in [1.54, 1.807) is 7.11 Å². The van der Waals surface area contributed by atoms with Crippen LogP contribution in [0.1, 0.15) is 11.4 Å². The van der Waals surface area contributed by atoms with E-state index in [1.807, 2.05) is 84.9 Å². The number of ether oxygens (including phenoxy) is 1. The van der Waals surface area contributed by atoms with Crippen LogP contribution >= 0.6 is 0 Å². The van der Waals surface area contributed by atoms with Crippen LogP contribution in [0.25, 0.3) is 11.5 Å². The highest BCUT2D eigenvalue weighted by atomic mass is 16.5. The number of nitrogens with one attached hydrogen (secondary N) is 1. The summed E-state index contributed by atoms with van der Waals surface area (Å²) in [6.07, 6.45) is 0. The zero-order valence-corrected chi connectivity index (χ0v) is 15.2. The van der Waals surface area contributed by atoms with Crippen LogP contribution in [0.5, 0.6) is 5.75 Å². The molecule has 0 radical (unpaired) electrons. The summed E-state index contributed by atoms with van der Waals surface area (Å²) in [6.45, 7) is 0. The second-order valence-corrected chi connectivity index (χ2v) is 5.96. The fraction of sp³-hybridized carbons (Fsp3) is 0.0455. The summed E-state index contributed by atoms with van der Waals surface area (Å²) in [6, 6.07) is 26.9. The van der Waals surface area contributed by atoms with E-state index in [9.17, 15) is 0 Å². The number of hydrogen-bond donors (Lipinski definition) is 1. The molecule has 1 heterocycles. The lowest BCUT2D eigenvalue weighted by Gasteiger charge is -2.06. The molecular weight excluding hydrogens is 352 g/mol. The van der Waals surface area contributed by atoms with Gasteiger partial charge < -0.3 is 9.26 Å². The number of benzene rings is 3. The van der Waals surface area contributed by atoms with Gasteiger partial charge in [-0.05, 0) is 24.3 Å². The molecule has 0 spiro atoms. The van der Waals surface area contributed by atoms with Crippen LogP contribution in [0.4, 0.5) is 5.69 Å². The second-order valence-electron chi connectivity index (χ2n) is 5.96. The Balaban J connectivity index is 1.69. The van der Waals surface area contributed by atoms with Crippen LogP contribution in [0.3, 0.4) is 0 Å². The van der Waals surface area contributed by atoms with Gasteiger partial charge in [-0.2, -0.15) is 10.1 Å². The minimum Gasteiger partial charge on any atom is -0.497 e. The van der Waals surface area contributed by atoms with Crippen LogP contribution in [0, 0.1) is 0 Å². The molecule has 138 valence electrons. The third-order valence-electron chi connectivity index (χ3n) is 4.07. The quantitative estimate of drug-likeness (QED) is 0.396. The summed E-state index contributed by atoms with van der Waals surface area (Å²) in [5, 5.41) is 8.68. The zero-order valence-electron chi connectivity index (χ0n) is 15.2. The lowest BCUT2D eigenvalue weighted by molar-refractivity contribution is 0.415. The maximum atomic E-state index is 5.45. The Morgan fingerprint density at radius 1 is 0.929 bits per heavy atom. The summed E-state index contributed by atoms with van der Waals surface area (Å²) >= 11 is 0. The van der Waals surface area contributed by atoms with Gasteiger partial charge in [-0.15, -0.1) is 0 Å². The van der Waals surface area contributed by atoms with Gasteiger partial charge in [0.2, 0.25) is 5.82 Å². The SMILES string of the molecule is COc1cccc(N/N=C(\c2ccccc2)c2noc(-c3ccccc3)n2)c1. The maximum absolute atomic E-state index is 5.45. The van der Waals surface area contributed by atoms with Crippen LogP contribution in [0.2, 0.25) is 0 Å². The second kappa shape index (κ2) is 8.18. The van der Waals surface area contributed by atoms with E-state index in [1.165, 1.54) is 0 Å². The molecule has 0 aliphatic heterocycles. The molecule has 6 heteroatoms. The van der Waals surface area contributed by atoms with Crippen molar-refractivity contribution in [3.63, 3.8) is 0 Å². The molecule has 0 saturated carbocycles. The lowest BCUT2D eigenvalue weighted by atomic mass is 10.1. The predicted octanol–water partition coefficient (Wildman–Crippen LogP) is 4.61. The molecule has 0 saturated heterocycles. The van der Waals surface area contributed by atoms with Crippen molar-refractivity contribution < 1.29 is 9.26 Å². The summed E-state index contributed by atoms with van der Waals surface area (Å²) in [5.74, 6) is 1.59. The predicted molar refractivity (Wildman–Crippen MR) is 108 cm³/mol. The van der Waals surface area contributed by atoms with E-state index >= 15 is 0 Å². The maximum Gasteiger partial charge on any atom is 0.258 e. The Kier molecular flexibility index (Phi) is 5.11. The van der Waals surface area contributed by atoms with Crippen molar-refractivity contribution in [3.05, 3.63) is 96.3 Å². The number of hydrogen-bond acceptors (Lipinski definition) is 6. The fourth-order valence-electron chi connectivity index (χ4n) is 2.67. The van der Waals surface area contributed by atoms with Gasteiger partial charge >= 0.3 is 0 Å². The Bertz CT molecular complexity index is 1080. The third kappa shape index (κ3) is 3.91. The summed E-state index contributed by atoms with van der Waals surface area (Å²) < 4.78 is 10.7. The molecule has 0 bridgehead atoms. The van der Waals surface area contributed by atoms with Crippen molar-refractivity contribution in [2.24, 2.45) is 5.10 Å². The molecule has 0 amide bonds. The van der Waals surface area contributed by atoms with Crippen molar-refractivity contribution in [3.8, 4) is 17.2 Å². The molecule has 4 rings (SSSR count). The molecule has 3 aromatic carbocycles. The minimum absolute atomic E-state index is 0.403. The highest BCUT2D eigenvalue weighted by Crippen LogP contribution is 2.20. The van der Waals surface area contributed by atoms with Gasteiger partial charge in [-0.1, -0.05) is 59.8 Å².